The average Bonchev–Trinajstić information content (AvgIpc) is 2.42. The van der Waals surface area contributed by atoms with Crippen molar-refractivity contribution in [2.45, 2.75) is 18.9 Å². The highest BCUT2D eigenvalue weighted by Gasteiger charge is 2.19. The molecule has 0 heterocycles. The summed E-state index contributed by atoms with van der Waals surface area (Å²) in [6.07, 6.45) is 2.27. The summed E-state index contributed by atoms with van der Waals surface area (Å²) >= 11 is 0. The van der Waals surface area contributed by atoms with Gasteiger partial charge in [0.1, 0.15) is 6.04 Å². The van der Waals surface area contributed by atoms with Crippen molar-refractivity contribution in [1.29, 1.82) is 0 Å². The molecule has 0 saturated heterocycles. The van der Waals surface area contributed by atoms with E-state index >= 15 is 0 Å². The highest BCUT2D eigenvalue weighted by molar-refractivity contribution is 5.84. The van der Waals surface area contributed by atoms with Crippen LogP contribution in [0.25, 0.3) is 0 Å². The lowest BCUT2D eigenvalue weighted by molar-refractivity contribution is -0.142. The predicted octanol–water partition coefficient (Wildman–Crippen LogP) is 1.74. The lowest BCUT2D eigenvalue weighted by Gasteiger charge is -2.14. The molecule has 1 aromatic rings. The number of halogens is 1. The normalized spacial score (nSPS) is 11.4. The van der Waals surface area contributed by atoms with Crippen LogP contribution in [0, 0.1) is 5.82 Å². The maximum absolute atomic E-state index is 13.2. The Labute approximate surface area is 116 Å². The Morgan fingerprint density at radius 3 is 2.75 bits per heavy atom. The third-order valence-electron chi connectivity index (χ3n) is 2.49. The molecule has 1 unspecified atom stereocenters. The Kier molecular flexibility index (Phi) is 6.22. The van der Waals surface area contributed by atoms with E-state index in [9.17, 15) is 14.0 Å². The van der Waals surface area contributed by atoms with E-state index < -0.39 is 30.3 Å². The first-order valence-electron chi connectivity index (χ1n) is 6.05. The van der Waals surface area contributed by atoms with Crippen LogP contribution in [0.2, 0.25) is 0 Å². The van der Waals surface area contributed by atoms with Gasteiger partial charge < -0.3 is 15.2 Å². The Morgan fingerprint density at radius 1 is 1.45 bits per heavy atom. The molecule has 108 valence electrons. The summed E-state index contributed by atoms with van der Waals surface area (Å²) in [5.74, 6) is -2.39. The van der Waals surface area contributed by atoms with Gasteiger partial charge in [-0.05, 0) is 25.0 Å². The summed E-state index contributed by atoms with van der Waals surface area (Å²) in [7, 11) is 0. The number of carboxylic acids is 1. The van der Waals surface area contributed by atoms with Gasteiger partial charge in [0.25, 0.3) is 5.91 Å². The van der Waals surface area contributed by atoms with Crippen molar-refractivity contribution in [1.82, 2.24) is 5.32 Å². The van der Waals surface area contributed by atoms with Gasteiger partial charge in [-0.2, -0.15) is 0 Å². The van der Waals surface area contributed by atoms with Crippen molar-refractivity contribution in [2.75, 3.05) is 6.61 Å². The number of hydrogen-bond acceptors (Lipinski definition) is 3. The van der Waals surface area contributed by atoms with Gasteiger partial charge in [0.2, 0.25) is 0 Å². The fourth-order valence-corrected chi connectivity index (χ4v) is 1.48. The molecule has 0 saturated carbocycles. The average molecular weight is 281 g/mol. The molecule has 0 spiro atoms. The molecule has 20 heavy (non-hydrogen) atoms. The van der Waals surface area contributed by atoms with E-state index in [-0.39, 0.29) is 12.2 Å². The van der Waals surface area contributed by atoms with Crippen LogP contribution in [0.3, 0.4) is 0 Å². The summed E-state index contributed by atoms with van der Waals surface area (Å²) in [6.45, 7) is 3.04. The van der Waals surface area contributed by atoms with Crippen molar-refractivity contribution in [3.63, 3.8) is 0 Å². The van der Waals surface area contributed by atoms with E-state index in [0.717, 1.165) is 0 Å². The van der Waals surface area contributed by atoms with Crippen LogP contribution in [0.4, 0.5) is 4.39 Å². The molecule has 5 nitrogen and oxygen atoms in total. The van der Waals surface area contributed by atoms with Gasteiger partial charge in [-0.25, -0.2) is 9.18 Å². The molecular formula is C14H16FNO4. The number of carbonyl (C=O) groups is 2. The van der Waals surface area contributed by atoms with Crippen LogP contribution in [0.1, 0.15) is 12.8 Å². The topological polar surface area (TPSA) is 75.6 Å². The van der Waals surface area contributed by atoms with Crippen LogP contribution >= 0.6 is 0 Å². The highest BCUT2D eigenvalue weighted by Crippen LogP contribution is 2.14. The molecule has 0 aliphatic carbocycles. The summed E-state index contributed by atoms with van der Waals surface area (Å²) in [5.41, 5.74) is 0. The maximum Gasteiger partial charge on any atom is 0.326 e. The number of ether oxygens (including phenoxy) is 1. The number of para-hydroxylation sites is 1. The zero-order valence-corrected chi connectivity index (χ0v) is 10.8. The Hall–Kier alpha value is -2.37. The molecule has 1 aromatic carbocycles. The third kappa shape index (κ3) is 5.09. The number of hydrogen-bond donors (Lipinski definition) is 2. The van der Waals surface area contributed by atoms with Gasteiger partial charge in [0.05, 0.1) is 0 Å². The monoisotopic (exact) mass is 281 g/mol. The molecule has 2 N–H and O–H groups in total. The van der Waals surface area contributed by atoms with Crippen LogP contribution in [0.15, 0.2) is 36.9 Å². The minimum atomic E-state index is -1.13. The van der Waals surface area contributed by atoms with Gasteiger partial charge in [-0.15, -0.1) is 6.58 Å². The van der Waals surface area contributed by atoms with E-state index in [2.05, 4.69) is 11.9 Å². The van der Waals surface area contributed by atoms with Crippen molar-refractivity contribution >= 4 is 11.9 Å². The number of rotatable bonds is 8. The molecular weight excluding hydrogens is 265 g/mol. The van der Waals surface area contributed by atoms with Crippen LogP contribution in [0.5, 0.6) is 5.75 Å². The molecule has 1 amide bonds. The lowest BCUT2D eigenvalue weighted by Crippen LogP contribution is -2.42. The maximum atomic E-state index is 13.2. The van der Waals surface area contributed by atoms with Crippen LogP contribution in [-0.4, -0.2) is 29.6 Å². The van der Waals surface area contributed by atoms with Gasteiger partial charge in [0, 0.05) is 0 Å². The van der Waals surface area contributed by atoms with E-state index in [1.165, 1.54) is 18.2 Å². The van der Waals surface area contributed by atoms with Crippen LogP contribution in [-0.2, 0) is 9.59 Å². The summed E-state index contributed by atoms with van der Waals surface area (Å²) in [6, 6.07) is 4.65. The fraction of sp³-hybridized carbons (Fsp3) is 0.286. The Balaban J connectivity index is 2.48. The van der Waals surface area contributed by atoms with Crippen molar-refractivity contribution in [3.05, 3.63) is 42.7 Å². The molecule has 6 heteroatoms. The largest absolute Gasteiger partial charge is 0.481 e. The fourth-order valence-electron chi connectivity index (χ4n) is 1.48. The predicted molar refractivity (Wildman–Crippen MR) is 70.9 cm³/mol. The van der Waals surface area contributed by atoms with Crippen molar-refractivity contribution in [3.8, 4) is 5.75 Å². The molecule has 0 aliphatic rings. The Bertz CT molecular complexity index is 490. The van der Waals surface area contributed by atoms with E-state index in [1.807, 2.05) is 0 Å². The molecule has 0 aliphatic heterocycles. The Morgan fingerprint density at radius 2 is 2.15 bits per heavy atom. The second kappa shape index (κ2) is 7.93. The first kappa shape index (κ1) is 15.7. The molecule has 0 radical (unpaired) electrons. The second-order valence-corrected chi connectivity index (χ2v) is 4.04. The molecule has 0 aromatic heterocycles. The summed E-state index contributed by atoms with van der Waals surface area (Å²) in [4.78, 5) is 22.5. The minimum absolute atomic E-state index is 0.0550. The van der Waals surface area contributed by atoms with Gasteiger partial charge >= 0.3 is 5.97 Å². The number of carbonyl (C=O) groups excluding carboxylic acids is 1. The summed E-state index contributed by atoms with van der Waals surface area (Å²) < 4.78 is 18.2. The third-order valence-corrected chi connectivity index (χ3v) is 2.49. The number of carboxylic acid groups (broad SMARTS) is 1. The SMILES string of the molecule is C=CCCC(NC(=O)COc1ccccc1F)C(=O)O. The van der Waals surface area contributed by atoms with E-state index in [0.29, 0.717) is 6.42 Å². The molecule has 0 bridgehead atoms. The number of allylic oxidation sites excluding steroid dienone is 1. The standard InChI is InChI=1S/C14H16FNO4/c1-2-3-7-11(14(18)19)16-13(17)9-20-12-8-5-4-6-10(12)15/h2,4-6,8,11H,1,3,7,9H2,(H,16,17)(H,18,19). The van der Waals surface area contributed by atoms with Crippen molar-refractivity contribution < 1.29 is 23.8 Å². The van der Waals surface area contributed by atoms with Gasteiger partial charge in [-0.3, -0.25) is 4.79 Å². The highest BCUT2D eigenvalue weighted by atomic mass is 19.1. The van der Waals surface area contributed by atoms with Gasteiger partial charge in [0.15, 0.2) is 18.2 Å². The number of nitrogens with one attached hydrogen (secondary N) is 1. The summed E-state index contributed by atoms with van der Waals surface area (Å²) in [5, 5.41) is 11.2. The first-order chi connectivity index (χ1) is 9.54. The van der Waals surface area contributed by atoms with Crippen LogP contribution < -0.4 is 10.1 Å². The van der Waals surface area contributed by atoms with E-state index in [1.54, 1.807) is 12.1 Å². The smallest absolute Gasteiger partial charge is 0.326 e. The lowest BCUT2D eigenvalue weighted by atomic mass is 10.1. The first-order valence-corrected chi connectivity index (χ1v) is 6.05. The van der Waals surface area contributed by atoms with Gasteiger partial charge in [-0.1, -0.05) is 18.2 Å². The van der Waals surface area contributed by atoms with Crippen molar-refractivity contribution in [2.24, 2.45) is 0 Å². The number of amides is 1. The number of benzene rings is 1. The number of aliphatic carboxylic acids is 1. The second-order valence-electron chi connectivity index (χ2n) is 4.04. The zero-order chi connectivity index (χ0) is 15.0. The molecule has 1 atom stereocenters. The minimum Gasteiger partial charge on any atom is -0.481 e. The molecule has 1 rings (SSSR count). The zero-order valence-electron chi connectivity index (χ0n) is 10.8. The quantitative estimate of drug-likeness (QED) is 0.712. The molecule has 0 fully saturated rings. The van der Waals surface area contributed by atoms with E-state index in [4.69, 9.17) is 9.84 Å².